The fourth-order valence-corrected chi connectivity index (χ4v) is 2.32. The molecule has 1 aromatic rings. The minimum atomic E-state index is 0.0219. The Labute approximate surface area is 135 Å². The molecule has 3 nitrogen and oxygen atoms in total. The second-order valence-corrected chi connectivity index (χ2v) is 6.22. The highest BCUT2D eigenvalue weighted by Crippen LogP contribution is 2.10. The first kappa shape index (κ1) is 18.4. The Morgan fingerprint density at radius 1 is 1.09 bits per heavy atom. The lowest BCUT2D eigenvalue weighted by molar-refractivity contribution is -0.121. The van der Waals surface area contributed by atoms with Crippen LogP contribution in [0.4, 0.5) is 0 Å². The van der Waals surface area contributed by atoms with E-state index in [4.69, 9.17) is 0 Å². The van der Waals surface area contributed by atoms with Crippen LogP contribution in [0.2, 0.25) is 0 Å². The van der Waals surface area contributed by atoms with Crippen molar-refractivity contribution in [1.82, 2.24) is 5.43 Å². The van der Waals surface area contributed by atoms with Gasteiger partial charge in [0.05, 0.1) is 5.71 Å². The number of nitrogens with zero attached hydrogens (tertiary/aromatic N) is 1. The largest absolute Gasteiger partial charge is 0.273 e. The van der Waals surface area contributed by atoms with Crippen molar-refractivity contribution in [2.45, 2.75) is 65.7 Å². The molecule has 0 heterocycles. The van der Waals surface area contributed by atoms with Crippen molar-refractivity contribution in [2.75, 3.05) is 0 Å². The number of carbonyl (C=O) groups excluding carboxylic acids is 1. The van der Waals surface area contributed by atoms with Crippen LogP contribution >= 0.6 is 0 Å². The summed E-state index contributed by atoms with van der Waals surface area (Å²) in [5.74, 6) is 0.526. The van der Waals surface area contributed by atoms with E-state index in [0.717, 1.165) is 30.5 Å². The number of nitrogens with one attached hydrogen (secondary N) is 1. The van der Waals surface area contributed by atoms with Gasteiger partial charge >= 0.3 is 0 Å². The van der Waals surface area contributed by atoms with E-state index in [0.29, 0.717) is 12.3 Å². The van der Waals surface area contributed by atoms with Crippen LogP contribution in [0.25, 0.3) is 0 Å². The van der Waals surface area contributed by atoms with E-state index in [-0.39, 0.29) is 5.91 Å². The molecule has 0 radical (unpaired) electrons. The summed E-state index contributed by atoms with van der Waals surface area (Å²) in [6.07, 6.45) is 7.21. The number of carbonyl (C=O) groups is 1. The Morgan fingerprint density at radius 2 is 1.77 bits per heavy atom. The summed E-state index contributed by atoms with van der Waals surface area (Å²) in [5, 5.41) is 4.37. The Balaban J connectivity index is 2.49. The summed E-state index contributed by atoms with van der Waals surface area (Å²) in [7, 11) is 0. The summed E-state index contributed by atoms with van der Waals surface area (Å²) in [5.41, 5.74) is 4.76. The molecule has 1 aromatic carbocycles. The molecule has 0 bridgehead atoms. The molecule has 0 atom stereocenters. The van der Waals surface area contributed by atoms with Gasteiger partial charge in [0.25, 0.3) is 0 Å². The first-order valence-corrected chi connectivity index (χ1v) is 8.54. The Bertz CT molecular complexity index is 452. The first-order valence-electron chi connectivity index (χ1n) is 8.54. The fourth-order valence-electron chi connectivity index (χ4n) is 2.32. The highest BCUT2D eigenvalue weighted by molar-refractivity contribution is 6.01. The smallest absolute Gasteiger partial charge is 0.240 e. The molecular formula is C19H30N2O. The molecule has 0 aliphatic heterocycles. The molecular weight excluding hydrogens is 272 g/mol. The molecule has 0 saturated heterocycles. The van der Waals surface area contributed by atoms with E-state index < -0.39 is 0 Å². The summed E-state index contributed by atoms with van der Waals surface area (Å²) in [6.45, 7) is 6.52. The molecule has 0 aliphatic carbocycles. The summed E-state index contributed by atoms with van der Waals surface area (Å²) in [4.78, 5) is 11.9. The fraction of sp³-hybridized carbons (Fsp3) is 0.579. The molecule has 22 heavy (non-hydrogen) atoms. The van der Waals surface area contributed by atoms with Gasteiger partial charge in [0, 0.05) is 6.42 Å². The van der Waals surface area contributed by atoms with Crippen LogP contribution in [-0.2, 0) is 4.79 Å². The molecule has 122 valence electrons. The zero-order chi connectivity index (χ0) is 16.2. The maximum absolute atomic E-state index is 11.9. The maximum Gasteiger partial charge on any atom is 0.240 e. The van der Waals surface area contributed by atoms with Crippen molar-refractivity contribution in [2.24, 2.45) is 11.0 Å². The second-order valence-electron chi connectivity index (χ2n) is 6.22. The van der Waals surface area contributed by atoms with Crippen molar-refractivity contribution >= 4 is 11.6 Å². The molecule has 0 fully saturated rings. The van der Waals surface area contributed by atoms with Gasteiger partial charge in [0.15, 0.2) is 0 Å². The molecule has 0 unspecified atom stereocenters. The minimum absolute atomic E-state index is 0.0219. The van der Waals surface area contributed by atoms with Crippen LogP contribution in [0.1, 0.15) is 71.3 Å². The van der Waals surface area contributed by atoms with E-state index >= 15 is 0 Å². The van der Waals surface area contributed by atoms with Crippen molar-refractivity contribution in [3.05, 3.63) is 35.9 Å². The lowest BCUT2D eigenvalue weighted by Crippen LogP contribution is -2.20. The van der Waals surface area contributed by atoms with Crippen LogP contribution < -0.4 is 5.43 Å². The van der Waals surface area contributed by atoms with E-state index in [1.165, 1.54) is 19.3 Å². The SMILES string of the molecule is CCCCCCCC(=O)N/N=C(\CC(C)C)c1ccccc1. The van der Waals surface area contributed by atoms with Crippen molar-refractivity contribution < 1.29 is 4.79 Å². The Kier molecular flexibility index (Phi) is 9.20. The van der Waals surface area contributed by atoms with E-state index in [1.54, 1.807) is 0 Å². The van der Waals surface area contributed by atoms with Gasteiger partial charge in [-0.1, -0.05) is 76.8 Å². The number of hydrogen-bond donors (Lipinski definition) is 1. The zero-order valence-corrected chi connectivity index (χ0v) is 14.3. The highest BCUT2D eigenvalue weighted by Gasteiger charge is 2.07. The van der Waals surface area contributed by atoms with Crippen LogP contribution in [0.15, 0.2) is 35.4 Å². The average Bonchev–Trinajstić information content (AvgIpc) is 2.51. The van der Waals surface area contributed by atoms with Gasteiger partial charge in [-0.2, -0.15) is 5.10 Å². The van der Waals surface area contributed by atoms with Gasteiger partial charge < -0.3 is 0 Å². The predicted molar refractivity (Wildman–Crippen MR) is 94.0 cm³/mol. The molecule has 0 saturated carbocycles. The molecule has 0 spiro atoms. The van der Waals surface area contributed by atoms with Gasteiger partial charge in [0.1, 0.15) is 0 Å². The number of rotatable bonds is 10. The van der Waals surface area contributed by atoms with Gasteiger partial charge in [-0.15, -0.1) is 0 Å². The van der Waals surface area contributed by atoms with Crippen molar-refractivity contribution in [1.29, 1.82) is 0 Å². The highest BCUT2D eigenvalue weighted by atomic mass is 16.2. The minimum Gasteiger partial charge on any atom is -0.273 e. The summed E-state index contributed by atoms with van der Waals surface area (Å²) in [6, 6.07) is 10.1. The van der Waals surface area contributed by atoms with E-state index in [9.17, 15) is 4.79 Å². The monoisotopic (exact) mass is 302 g/mol. The van der Waals surface area contributed by atoms with E-state index in [1.807, 2.05) is 30.3 Å². The number of amides is 1. The summed E-state index contributed by atoms with van der Waals surface area (Å²) >= 11 is 0. The standard InChI is InChI=1S/C19H30N2O/c1-4-5-6-7-11-14-19(22)21-20-18(15-16(2)3)17-12-9-8-10-13-17/h8-10,12-13,16H,4-7,11,14-15H2,1-3H3,(H,21,22)/b20-18+. The third kappa shape index (κ3) is 7.96. The van der Waals surface area contributed by atoms with Crippen LogP contribution in [0.3, 0.4) is 0 Å². The zero-order valence-electron chi connectivity index (χ0n) is 14.3. The van der Waals surface area contributed by atoms with Crippen molar-refractivity contribution in [3.63, 3.8) is 0 Å². The number of hydrazone groups is 1. The second kappa shape index (κ2) is 11.0. The lowest BCUT2D eigenvalue weighted by Gasteiger charge is -2.10. The average molecular weight is 302 g/mol. The first-order chi connectivity index (χ1) is 10.6. The third-order valence-corrected chi connectivity index (χ3v) is 3.53. The molecule has 1 amide bonds. The van der Waals surface area contributed by atoms with Gasteiger partial charge in [-0.3, -0.25) is 4.79 Å². The molecule has 1 rings (SSSR count). The predicted octanol–water partition coefficient (Wildman–Crippen LogP) is 4.91. The molecule has 3 heteroatoms. The van der Waals surface area contributed by atoms with Gasteiger partial charge in [-0.05, 0) is 24.3 Å². The quantitative estimate of drug-likeness (QED) is 0.372. The molecule has 0 aromatic heterocycles. The molecule has 1 N–H and O–H groups in total. The van der Waals surface area contributed by atoms with Crippen LogP contribution in [0.5, 0.6) is 0 Å². The maximum atomic E-state index is 11.9. The van der Waals surface area contributed by atoms with E-state index in [2.05, 4.69) is 31.3 Å². The van der Waals surface area contributed by atoms with Crippen LogP contribution in [-0.4, -0.2) is 11.6 Å². The lowest BCUT2D eigenvalue weighted by atomic mass is 10.0. The Hall–Kier alpha value is -1.64. The molecule has 0 aliphatic rings. The summed E-state index contributed by atoms with van der Waals surface area (Å²) < 4.78 is 0. The number of benzene rings is 1. The topological polar surface area (TPSA) is 41.5 Å². The number of hydrogen-bond acceptors (Lipinski definition) is 2. The van der Waals surface area contributed by atoms with Gasteiger partial charge in [-0.25, -0.2) is 5.43 Å². The number of unbranched alkanes of at least 4 members (excludes halogenated alkanes) is 4. The van der Waals surface area contributed by atoms with Crippen LogP contribution in [0, 0.1) is 5.92 Å². The van der Waals surface area contributed by atoms with Gasteiger partial charge in [0.2, 0.25) is 5.91 Å². The Morgan fingerprint density at radius 3 is 2.41 bits per heavy atom. The third-order valence-electron chi connectivity index (χ3n) is 3.53. The van der Waals surface area contributed by atoms with Crippen molar-refractivity contribution in [3.8, 4) is 0 Å². The normalized spacial score (nSPS) is 11.7.